The van der Waals surface area contributed by atoms with Crippen molar-refractivity contribution in [2.24, 2.45) is 0 Å². The molecule has 0 aromatic carbocycles. The number of aliphatic carboxylic acids is 1. The first-order valence-electron chi connectivity index (χ1n) is 3.99. The Bertz CT molecular complexity index is 222. The summed E-state index contributed by atoms with van der Waals surface area (Å²) >= 11 is 0. The molecule has 9 heavy (non-hydrogen) atoms. The van der Waals surface area contributed by atoms with Crippen molar-refractivity contribution in [2.45, 2.75) is 18.5 Å². The van der Waals surface area contributed by atoms with Crippen molar-refractivity contribution in [3.05, 3.63) is 0 Å². The van der Waals surface area contributed by atoms with Crippen molar-refractivity contribution in [1.82, 2.24) is 5.32 Å². The lowest BCUT2D eigenvalue weighted by atomic mass is 10.2. The number of nitrogens with one attached hydrogen (secondary N) is 1. The Kier molecular flexibility index (Phi) is 0.913. The van der Waals surface area contributed by atoms with Gasteiger partial charge in [0.25, 0.3) is 0 Å². The minimum Gasteiger partial charge on any atom is -0.480 e. The number of hydrogen-bond donors (Lipinski definition) is 3. The topological polar surface area (TPSA) is 69.6 Å². The van der Waals surface area contributed by atoms with Gasteiger partial charge in [-0.3, -0.25) is 4.79 Å². The molecule has 0 saturated carbocycles. The molecule has 4 heteroatoms. The molecule has 52 valence electrons. The summed E-state index contributed by atoms with van der Waals surface area (Å²) in [4.78, 5) is 10.4. The molecule has 4 nitrogen and oxygen atoms in total. The van der Waals surface area contributed by atoms with E-state index < -0.39 is 31.0 Å². The van der Waals surface area contributed by atoms with Crippen molar-refractivity contribution < 1.29 is 19.1 Å². The first kappa shape index (κ1) is 3.53. The van der Waals surface area contributed by atoms with Crippen LogP contribution < -0.4 is 5.32 Å². The maximum atomic E-state index is 10.4. The van der Waals surface area contributed by atoms with Crippen LogP contribution in [0.4, 0.5) is 0 Å². The number of rotatable bonds is 1. The highest BCUT2D eigenvalue weighted by molar-refractivity contribution is 5.73. The average Bonchev–Trinajstić information content (AvgIpc) is 2.03. The molecule has 1 aliphatic rings. The molecule has 2 atom stereocenters. The van der Waals surface area contributed by atoms with Crippen LogP contribution in [0, 0.1) is 0 Å². The number of hydrogen-bond acceptors (Lipinski definition) is 3. The smallest absolute Gasteiger partial charge is 0.320 e. The zero-order chi connectivity index (χ0) is 9.57. The second kappa shape index (κ2) is 2.33. The minimum absolute atomic E-state index is 0.449. The largest absolute Gasteiger partial charge is 0.480 e. The van der Waals surface area contributed by atoms with Gasteiger partial charge in [-0.05, 0) is 0 Å². The van der Waals surface area contributed by atoms with Crippen molar-refractivity contribution >= 4 is 5.97 Å². The Morgan fingerprint density at radius 3 is 2.89 bits per heavy atom. The highest BCUT2D eigenvalue weighted by atomic mass is 16.4. The Labute approximate surface area is 56.7 Å². The molecule has 0 aliphatic carbocycles. The van der Waals surface area contributed by atoms with Gasteiger partial charge in [-0.2, -0.15) is 0 Å². The molecule has 0 aromatic rings. The molecule has 0 spiro atoms. The molecule has 1 unspecified atom stereocenters. The summed E-state index contributed by atoms with van der Waals surface area (Å²) in [5.41, 5.74) is 0. The molecule has 0 bridgehead atoms. The molecule has 1 heterocycles. The van der Waals surface area contributed by atoms with E-state index in [9.17, 15) is 4.79 Å². The fraction of sp³-hybridized carbons (Fsp3) is 0.800. The zero-order valence-electron chi connectivity index (χ0n) is 7.59. The lowest BCUT2D eigenvalue weighted by Gasteiger charge is -1.99. The summed E-state index contributed by atoms with van der Waals surface area (Å²) in [6, 6.07) is -2.11. The maximum absolute atomic E-state index is 10.4. The molecule has 1 aliphatic heterocycles. The quantitative estimate of drug-likeness (QED) is 0.421. The van der Waals surface area contributed by atoms with Crippen LogP contribution in [0.2, 0.25) is 0 Å². The number of aliphatic hydroxyl groups excluding tert-OH is 1. The summed E-state index contributed by atoms with van der Waals surface area (Å²) in [6.45, 7) is -2.19. The monoisotopic (exact) mass is 134 g/mol. The third-order valence-corrected chi connectivity index (χ3v) is 1.05. The number of carboxylic acids is 1. The standard InChI is InChI=1S/C5H9NO3/c7-3-1-4(5(8)9)6-2-3/h3-4,6-7H,1-2H2,(H,8,9)/t3?,4-/m0/s1/i2D2,4D. The summed E-state index contributed by atoms with van der Waals surface area (Å²) in [6.07, 6.45) is -1.90. The number of carbonyl (C=O) groups is 1. The predicted molar refractivity (Wildman–Crippen MR) is 30.1 cm³/mol. The summed E-state index contributed by atoms with van der Waals surface area (Å²) in [5.74, 6) is -1.48. The highest BCUT2D eigenvalue weighted by Crippen LogP contribution is 2.05. The van der Waals surface area contributed by atoms with E-state index in [0.717, 1.165) is 0 Å². The van der Waals surface area contributed by atoms with E-state index in [4.69, 9.17) is 14.3 Å². The molecule has 1 saturated heterocycles. The average molecular weight is 134 g/mol. The van der Waals surface area contributed by atoms with E-state index in [1.54, 1.807) is 0 Å². The van der Waals surface area contributed by atoms with Gasteiger partial charge >= 0.3 is 5.97 Å². The van der Waals surface area contributed by atoms with Crippen LogP contribution in [-0.4, -0.2) is 34.8 Å². The lowest BCUT2D eigenvalue weighted by Crippen LogP contribution is -2.29. The summed E-state index contributed by atoms with van der Waals surface area (Å²) in [7, 11) is 0. The minimum atomic E-state index is -2.19. The van der Waals surface area contributed by atoms with Gasteiger partial charge < -0.3 is 15.5 Å². The molecular weight excluding hydrogens is 122 g/mol. The zero-order valence-corrected chi connectivity index (χ0v) is 4.59. The maximum Gasteiger partial charge on any atom is 0.320 e. The van der Waals surface area contributed by atoms with Crippen LogP contribution in [0.1, 0.15) is 10.5 Å². The normalized spacial score (nSPS) is 53.4. The first-order valence-corrected chi connectivity index (χ1v) is 2.49. The van der Waals surface area contributed by atoms with Crippen LogP contribution in [0.3, 0.4) is 0 Å². The van der Waals surface area contributed by atoms with E-state index in [1.165, 1.54) is 0 Å². The van der Waals surface area contributed by atoms with Gasteiger partial charge in [-0.15, -0.1) is 0 Å². The van der Waals surface area contributed by atoms with Crippen molar-refractivity contribution in [3.8, 4) is 0 Å². The third kappa shape index (κ3) is 1.40. The van der Waals surface area contributed by atoms with Crippen LogP contribution in [0.15, 0.2) is 0 Å². The molecule has 3 N–H and O–H groups in total. The second-order valence-corrected chi connectivity index (χ2v) is 1.77. The number of β-amino-alcohol motifs (C(OH)–C–C–N with tert-alkyl or cyclic N) is 1. The van der Waals surface area contributed by atoms with Gasteiger partial charge in [-0.1, -0.05) is 0 Å². The van der Waals surface area contributed by atoms with Gasteiger partial charge in [0.2, 0.25) is 0 Å². The lowest BCUT2D eigenvalue weighted by molar-refractivity contribution is -0.139. The van der Waals surface area contributed by atoms with Crippen molar-refractivity contribution in [2.75, 3.05) is 6.50 Å². The van der Waals surface area contributed by atoms with E-state index in [1.807, 2.05) is 5.32 Å². The van der Waals surface area contributed by atoms with Crippen LogP contribution in [0.25, 0.3) is 0 Å². The van der Waals surface area contributed by atoms with E-state index >= 15 is 0 Å². The van der Waals surface area contributed by atoms with Crippen LogP contribution >= 0.6 is 0 Å². The highest BCUT2D eigenvalue weighted by Gasteiger charge is 2.27. The Balaban J connectivity index is 2.85. The van der Waals surface area contributed by atoms with Gasteiger partial charge in [0.05, 0.1) is 7.47 Å². The molecule has 1 rings (SSSR count). The third-order valence-electron chi connectivity index (χ3n) is 1.05. The van der Waals surface area contributed by atoms with E-state index in [0.29, 0.717) is 0 Å². The fourth-order valence-corrected chi connectivity index (χ4v) is 0.607. The second-order valence-electron chi connectivity index (χ2n) is 1.77. The van der Waals surface area contributed by atoms with E-state index in [2.05, 4.69) is 0 Å². The van der Waals surface area contributed by atoms with Crippen molar-refractivity contribution in [1.29, 1.82) is 0 Å². The number of carboxylic acid groups (broad SMARTS) is 1. The van der Waals surface area contributed by atoms with E-state index in [-0.39, 0.29) is 0 Å². The SMILES string of the molecule is [2H]C1([2H])N[C@]([2H])(C(=O)O)CC1O. The number of aliphatic hydroxyl groups is 1. The summed E-state index contributed by atoms with van der Waals surface area (Å²) in [5, 5.41) is 19.4. The van der Waals surface area contributed by atoms with Crippen molar-refractivity contribution in [3.63, 3.8) is 0 Å². The molecule has 1 fully saturated rings. The molecular formula is C5H9NO3. The Morgan fingerprint density at radius 2 is 2.67 bits per heavy atom. The van der Waals surface area contributed by atoms with Crippen LogP contribution in [-0.2, 0) is 4.79 Å². The van der Waals surface area contributed by atoms with Gasteiger partial charge in [-0.25, -0.2) is 0 Å². The van der Waals surface area contributed by atoms with Gasteiger partial charge in [0.1, 0.15) is 6.02 Å². The Hall–Kier alpha value is -0.610. The molecule has 0 amide bonds. The molecule has 0 aromatic heterocycles. The van der Waals surface area contributed by atoms with Gasteiger partial charge in [0.15, 0.2) is 0 Å². The van der Waals surface area contributed by atoms with Crippen LogP contribution in [0.5, 0.6) is 0 Å². The fourth-order valence-electron chi connectivity index (χ4n) is 0.607. The summed E-state index contributed by atoms with van der Waals surface area (Å²) < 4.78 is 21.3. The Morgan fingerprint density at radius 1 is 2.00 bits per heavy atom. The predicted octanol–water partition coefficient (Wildman–Crippen LogP) is -1.21. The first-order chi connectivity index (χ1) is 5.28. The molecule has 0 radical (unpaired) electrons. The van der Waals surface area contributed by atoms with Gasteiger partial charge in [0, 0.05) is 15.7 Å².